The Balaban J connectivity index is 2.10. The first-order valence-electron chi connectivity index (χ1n) is 7.46. The van der Waals surface area contributed by atoms with Gasteiger partial charge in [0.25, 0.3) is 0 Å². The van der Waals surface area contributed by atoms with Gasteiger partial charge >= 0.3 is 0 Å². The molecule has 1 amide bonds. The number of methoxy groups -OCH3 is 1. The highest BCUT2D eigenvalue weighted by molar-refractivity contribution is 7.80. The lowest BCUT2D eigenvalue weighted by Crippen LogP contribution is -2.41. The summed E-state index contributed by atoms with van der Waals surface area (Å²) < 4.78 is 10.9. The number of carbonyl (C=O) groups is 1. The van der Waals surface area contributed by atoms with Gasteiger partial charge in [-0.05, 0) is 38.0 Å². The highest BCUT2D eigenvalue weighted by Crippen LogP contribution is 2.29. The maximum absolute atomic E-state index is 11.2. The molecule has 0 unspecified atom stereocenters. The van der Waals surface area contributed by atoms with Gasteiger partial charge in [-0.2, -0.15) is 0 Å². The Morgan fingerprint density at radius 3 is 2.59 bits per heavy atom. The van der Waals surface area contributed by atoms with E-state index in [1.165, 1.54) is 0 Å². The van der Waals surface area contributed by atoms with Crippen molar-refractivity contribution in [2.24, 2.45) is 11.7 Å². The fourth-order valence-corrected chi connectivity index (χ4v) is 2.94. The SMILES string of the molecule is CCOc1cc(C(=S)N2CCC(C(N)=O)CC2)ccc1OC. The maximum Gasteiger partial charge on any atom is 0.220 e. The summed E-state index contributed by atoms with van der Waals surface area (Å²) in [5.41, 5.74) is 6.29. The predicted octanol–water partition coefficient (Wildman–Crippen LogP) is 1.97. The minimum atomic E-state index is -0.214. The number of hydrogen-bond donors (Lipinski definition) is 1. The number of carbonyl (C=O) groups excluding carboxylic acids is 1. The first-order valence-corrected chi connectivity index (χ1v) is 7.87. The van der Waals surface area contributed by atoms with Gasteiger partial charge in [0.1, 0.15) is 4.99 Å². The predicted molar refractivity (Wildman–Crippen MR) is 89.4 cm³/mol. The summed E-state index contributed by atoms with van der Waals surface area (Å²) in [6.45, 7) is 4.00. The molecule has 1 heterocycles. The number of amides is 1. The molecule has 1 saturated heterocycles. The van der Waals surface area contributed by atoms with Crippen LogP contribution >= 0.6 is 12.2 Å². The van der Waals surface area contributed by atoms with E-state index in [-0.39, 0.29) is 11.8 Å². The maximum atomic E-state index is 11.2. The summed E-state index contributed by atoms with van der Waals surface area (Å²) in [6, 6.07) is 5.71. The lowest BCUT2D eigenvalue weighted by atomic mass is 9.96. The molecule has 0 aliphatic carbocycles. The zero-order valence-corrected chi connectivity index (χ0v) is 13.8. The lowest BCUT2D eigenvalue weighted by Gasteiger charge is -2.32. The second-order valence-corrected chi connectivity index (χ2v) is 5.65. The summed E-state index contributed by atoms with van der Waals surface area (Å²) in [7, 11) is 1.62. The third-order valence-electron chi connectivity index (χ3n) is 3.89. The monoisotopic (exact) mass is 322 g/mol. The molecule has 6 heteroatoms. The van der Waals surface area contributed by atoms with Crippen molar-refractivity contribution in [1.29, 1.82) is 0 Å². The molecule has 1 aromatic rings. The summed E-state index contributed by atoms with van der Waals surface area (Å²) in [6.07, 6.45) is 1.51. The molecule has 2 rings (SSSR count). The van der Waals surface area contributed by atoms with Crippen molar-refractivity contribution in [3.05, 3.63) is 23.8 Å². The van der Waals surface area contributed by atoms with Gasteiger partial charge in [0.2, 0.25) is 5.91 Å². The van der Waals surface area contributed by atoms with Gasteiger partial charge in [-0.3, -0.25) is 4.79 Å². The quantitative estimate of drug-likeness (QED) is 0.840. The third-order valence-corrected chi connectivity index (χ3v) is 4.39. The van der Waals surface area contributed by atoms with E-state index in [0.717, 1.165) is 36.5 Å². The number of piperidine rings is 1. The topological polar surface area (TPSA) is 64.8 Å². The van der Waals surface area contributed by atoms with Gasteiger partial charge in [0, 0.05) is 24.6 Å². The minimum Gasteiger partial charge on any atom is -0.493 e. The number of benzene rings is 1. The number of hydrogen-bond acceptors (Lipinski definition) is 4. The molecule has 1 aliphatic rings. The Morgan fingerprint density at radius 2 is 2.05 bits per heavy atom. The number of ether oxygens (including phenoxy) is 2. The van der Waals surface area contributed by atoms with Gasteiger partial charge in [-0.25, -0.2) is 0 Å². The molecule has 0 spiro atoms. The summed E-state index contributed by atoms with van der Waals surface area (Å²) >= 11 is 5.58. The van der Waals surface area contributed by atoms with Gasteiger partial charge < -0.3 is 20.1 Å². The van der Waals surface area contributed by atoms with Crippen molar-refractivity contribution < 1.29 is 14.3 Å². The second-order valence-electron chi connectivity index (χ2n) is 5.27. The van der Waals surface area contributed by atoms with Crippen molar-refractivity contribution >= 4 is 23.1 Å². The molecule has 2 N–H and O–H groups in total. The van der Waals surface area contributed by atoms with Crippen LogP contribution in [0.4, 0.5) is 0 Å². The first-order chi connectivity index (χ1) is 10.6. The molecule has 1 aromatic carbocycles. The van der Waals surface area contributed by atoms with Gasteiger partial charge in [0.15, 0.2) is 11.5 Å². The van der Waals surface area contributed by atoms with Crippen LogP contribution in [-0.2, 0) is 4.79 Å². The van der Waals surface area contributed by atoms with Crippen molar-refractivity contribution in [3.63, 3.8) is 0 Å². The van der Waals surface area contributed by atoms with E-state index in [4.69, 9.17) is 27.4 Å². The molecule has 0 saturated carbocycles. The van der Waals surface area contributed by atoms with Crippen LogP contribution in [0.3, 0.4) is 0 Å². The summed E-state index contributed by atoms with van der Waals surface area (Å²) in [4.78, 5) is 14.1. The van der Waals surface area contributed by atoms with E-state index in [2.05, 4.69) is 4.90 Å². The van der Waals surface area contributed by atoms with Gasteiger partial charge in [-0.1, -0.05) is 12.2 Å². The Hall–Kier alpha value is -1.82. The number of nitrogens with two attached hydrogens (primary N) is 1. The Kier molecular flexibility index (Phi) is 5.60. The normalized spacial score (nSPS) is 15.5. The summed E-state index contributed by atoms with van der Waals surface area (Å²) in [5.74, 6) is 1.14. The van der Waals surface area contributed by atoms with E-state index in [0.29, 0.717) is 18.1 Å². The van der Waals surface area contributed by atoms with E-state index < -0.39 is 0 Å². The first kappa shape index (κ1) is 16.5. The standard InChI is InChI=1S/C16H22N2O3S/c1-3-21-14-10-12(4-5-13(14)20-2)16(22)18-8-6-11(7-9-18)15(17)19/h4-5,10-11H,3,6-9H2,1-2H3,(H2,17,19). The molecule has 1 fully saturated rings. The number of rotatable bonds is 5. The molecular formula is C16H22N2O3S. The number of thiocarbonyl (C=S) groups is 1. The zero-order valence-electron chi connectivity index (χ0n) is 13.0. The zero-order chi connectivity index (χ0) is 16.1. The Bertz CT molecular complexity index is 554. The molecule has 0 bridgehead atoms. The van der Waals surface area contributed by atoms with E-state index in [1.54, 1.807) is 7.11 Å². The third kappa shape index (κ3) is 3.68. The molecule has 120 valence electrons. The van der Waals surface area contributed by atoms with Crippen molar-refractivity contribution in [1.82, 2.24) is 4.90 Å². The Morgan fingerprint density at radius 1 is 1.36 bits per heavy atom. The van der Waals surface area contributed by atoms with Crippen LogP contribution in [-0.4, -0.2) is 42.6 Å². The minimum absolute atomic E-state index is 0.0334. The number of nitrogens with zero attached hydrogens (tertiary/aromatic N) is 1. The van der Waals surface area contributed by atoms with E-state index in [9.17, 15) is 4.79 Å². The van der Waals surface area contributed by atoms with Crippen LogP contribution in [0.1, 0.15) is 25.3 Å². The molecule has 5 nitrogen and oxygen atoms in total. The second kappa shape index (κ2) is 7.45. The molecule has 1 aliphatic heterocycles. The van der Waals surface area contributed by atoms with Gasteiger partial charge in [-0.15, -0.1) is 0 Å². The van der Waals surface area contributed by atoms with Crippen LogP contribution < -0.4 is 15.2 Å². The Labute approximate surface area is 136 Å². The van der Waals surface area contributed by atoms with Crippen LogP contribution in [0.2, 0.25) is 0 Å². The molecule has 0 atom stereocenters. The average molecular weight is 322 g/mol. The van der Waals surface area contributed by atoms with Crippen molar-refractivity contribution in [2.75, 3.05) is 26.8 Å². The fraction of sp³-hybridized carbons (Fsp3) is 0.500. The van der Waals surface area contributed by atoms with Crippen molar-refractivity contribution in [3.8, 4) is 11.5 Å². The smallest absolute Gasteiger partial charge is 0.220 e. The van der Waals surface area contributed by atoms with Crippen LogP contribution in [0.15, 0.2) is 18.2 Å². The molecular weight excluding hydrogens is 300 g/mol. The lowest BCUT2D eigenvalue weighted by molar-refractivity contribution is -0.122. The van der Waals surface area contributed by atoms with Crippen LogP contribution in [0, 0.1) is 5.92 Å². The number of likely N-dealkylation sites (tertiary alicyclic amines) is 1. The highest BCUT2D eigenvalue weighted by Gasteiger charge is 2.25. The van der Waals surface area contributed by atoms with E-state index >= 15 is 0 Å². The largest absolute Gasteiger partial charge is 0.493 e. The molecule has 0 aromatic heterocycles. The molecule has 22 heavy (non-hydrogen) atoms. The number of primary amides is 1. The highest BCUT2D eigenvalue weighted by atomic mass is 32.1. The van der Waals surface area contributed by atoms with Crippen molar-refractivity contribution in [2.45, 2.75) is 19.8 Å². The fourth-order valence-electron chi connectivity index (χ4n) is 2.63. The van der Waals surface area contributed by atoms with Crippen LogP contribution in [0.5, 0.6) is 11.5 Å². The van der Waals surface area contributed by atoms with E-state index in [1.807, 2.05) is 25.1 Å². The molecule has 0 radical (unpaired) electrons. The summed E-state index contributed by atoms with van der Waals surface area (Å²) in [5, 5.41) is 0. The van der Waals surface area contributed by atoms with Crippen LogP contribution in [0.25, 0.3) is 0 Å². The van der Waals surface area contributed by atoms with Gasteiger partial charge in [0.05, 0.1) is 13.7 Å². The average Bonchev–Trinajstić information content (AvgIpc) is 2.54.